The molecular weight excluding hydrogens is 296 g/mol. The number of carboxylic acids is 1. The average Bonchev–Trinajstić information content (AvgIpc) is 2.39. The van der Waals surface area contributed by atoms with E-state index in [0.717, 1.165) is 11.6 Å². The van der Waals surface area contributed by atoms with Gasteiger partial charge in [-0.1, -0.05) is 6.07 Å². The van der Waals surface area contributed by atoms with E-state index in [1.165, 1.54) is 13.2 Å². The summed E-state index contributed by atoms with van der Waals surface area (Å²) in [5.41, 5.74) is 1.80. The number of benzene rings is 1. The van der Waals surface area contributed by atoms with Gasteiger partial charge in [0, 0.05) is 19.7 Å². The predicted molar refractivity (Wildman–Crippen MR) is 80.3 cm³/mol. The molecule has 0 saturated heterocycles. The first-order valence-electron chi connectivity index (χ1n) is 6.12. The molecule has 1 aromatic rings. The first-order chi connectivity index (χ1) is 9.84. The predicted octanol–water partition coefficient (Wildman–Crippen LogP) is 0.986. The first-order valence-corrected chi connectivity index (χ1v) is 7.60. The van der Waals surface area contributed by atoms with Crippen LogP contribution in [0.3, 0.4) is 0 Å². The summed E-state index contributed by atoms with van der Waals surface area (Å²) in [6.07, 6.45) is 2.41. The van der Waals surface area contributed by atoms with Crippen molar-refractivity contribution in [3.63, 3.8) is 0 Å². The van der Waals surface area contributed by atoms with Gasteiger partial charge in [-0.15, -0.1) is 0 Å². The first kappa shape index (κ1) is 17.2. The molecule has 0 fully saturated rings. The summed E-state index contributed by atoms with van der Waals surface area (Å²) in [5, 5.41) is 8.62. The van der Waals surface area contributed by atoms with Gasteiger partial charge in [0.05, 0.1) is 12.3 Å². The van der Waals surface area contributed by atoms with Gasteiger partial charge < -0.3 is 9.84 Å². The van der Waals surface area contributed by atoms with Gasteiger partial charge >= 0.3 is 5.97 Å². The van der Waals surface area contributed by atoms with Crippen LogP contribution in [0.5, 0.6) is 0 Å². The number of hydrogen-bond donors (Lipinski definition) is 3. The highest BCUT2D eigenvalue weighted by Crippen LogP contribution is 2.17. The highest BCUT2D eigenvalue weighted by Gasteiger charge is 2.09. The van der Waals surface area contributed by atoms with E-state index in [-0.39, 0.29) is 13.2 Å². The third kappa shape index (κ3) is 6.39. The Hall–Kier alpha value is -1.90. The largest absolute Gasteiger partial charge is 0.478 e. The summed E-state index contributed by atoms with van der Waals surface area (Å²) in [6, 6.07) is 4.86. The summed E-state index contributed by atoms with van der Waals surface area (Å²) < 4.78 is 32.9. The maximum atomic E-state index is 11.7. The van der Waals surface area contributed by atoms with Crippen molar-refractivity contribution in [2.45, 2.75) is 6.92 Å². The number of aliphatic carboxylic acids is 1. The topological polar surface area (TPSA) is 105 Å². The van der Waals surface area contributed by atoms with Crippen LogP contribution in [0.15, 0.2) is 24.3 Å². The summed E-state index contributed by atoms with van der Waals surface area (Å²) in [5.74, 6) is -1.07. The number of anilines is 1. The van der Waals surface area contributed by atoms with Gasteiger partial charge in [-0.3, -0.25) is 4.72 Å². The van der Waals surface area contributed by atoms with Gasteiger partial charge in [0.1, 0.15) is 0 Å². The van der Waals surface area contributed by atoms with E-state index in [9.17, 15) is 13.2 Å². The van der Waals surface area contributed by atoms with Gasteiger partial charge in [-0.2, -0.15) is 13.1 Å². The van der Waals surface area contributed by atoms with Crippen LogP contribution < -0.4 is 9.44 Å². The zero-order valence-corrected chi connectivity index (χ0v) is 12.6. The lowest BCUT2D eigenvalue weighted by molar-refractivity contribution is -0.131. The van der Waals surface area contributed by atoms with Crippen LogP contribution in [-0.4, -0.2) is 39.8 Å². The van der Waals surface area contributed by atoms with E-state index >= 15 is 0 Å². The molecule has 7 nitrogen and oxygen atoms in total. The molecule has 1 aromatic carbocycles. The summed E-state index contributed by atoms with van der Waals surface area (Å²) in [6.45, 7) is 2.22. The second-order valence-electron chi connectivity index (χ2n) is 4.24. The highest BCUT2D eigenvalue weighted by atomic mass is 32.2. The number of methoxy groups -OCH3 is 1. The van der Waals surface area contributed by atoms with Crippen LogP contribution >= 0.6 is 0 Å². The third-order valence-corrected chi connectivity index (χ3v) is 3.62. The molecule has 8 heteroatoms. The van der Waals surface area contributed by atoms with Gasteiger partial charge in [-0.25, -0.2) is 4.79 Å². The van der Waals surface area contributed by atoms with Crippen molar-refractivity contribution in [1.82, 2.24) is 4.72 Å². The molecule has 0 bridgehead atoms. The number of nitrogens with one attached hydrogen (secondary N) is 2. The third-order valence-electron chi connectivity index (χ3n) is 2.54. The van der Waals surface area contributed by atoms with Crippen molar-refractivity contribution in [2.75, 3.05) is 25.0 Å². The fourth-order valence-corrected chi connectivity index (χ4v) is 2.38. The Kier molecular flexibility index (Phi) is 6.35. The molecule has 3 N–H and O–H groups in total. The van der Waals surface area contributed by atoms with Crippen LogP contribution in [0.25, 0.3) is 6.08 Å². The number of aryl methyl sites for hydroxylation is 1. The monoisotopic (exact) mass is 314 g/mol. The molecule has 21 heavy (non-hydrogen) atoms. The quantitative estimate of drug-likeness (QED) is 0.490. The van der Waals surface area contributed by atoms with Crippen LogP contribution in [0, 0.1) is 6.92 Å². The fourth-order valence-electron chi connectivity index (χ4n) is 1.51. The molecule has 0 aliphatic heterocycles. The molecule has 0 saturated carbocycles. The SMILES string of the molecule is COCCNS(=O)(=O)Nc1ccc(C)c(/C=C/C(=O)O)c1. The molecule has 0 aliphatic carbocycles. The summed E-state index contributed by atoms with van der Waals surface area (Å²) in [7, 11) is -2.21. The van der Waals surface area contributed by atoms with Crippen LogP contribution in [0.4, 0.5) is 5.69 Å². The Morgan fingerprint density at radius 2 is 2.14 bits per heavy atom. The van der Waals surface area contributed by atoms with Crippen LogP contribution in [-0.2, 0) is 19.7 Å². The fraction of sp³-hybridized carbons (Fsp3) is 0.308. The van der Waals surface area contributed by atoms with Crippen LogP contribution in [0.2, 0.25) is 0 Å². The van der Waals surface area contributed by atoms with Gasteiger partial charge in [0.2, 0.25) is 0 Å². The maximum Gasteiger partial charge on any atom is 0.328 e. The molecule has 0 aliphatic rings. The molecule has 0 atom stereocenters. The second kappa shape index (κ2) is 7.77. The summed E-state index contributed by atoms with van der Waals surface area (Å²) >= 11 is 0. The van der Waals surface area contributed by atoms with Crippen LogP contribution in [0.1, 0.15) is 11.1 Å². The molecule has 116 valence electrons. The van der Waals surface area contributed by atoms with Crippen molar-refractivity contribution in [2.24, 2.45) is 0 Å². The van der Waals surface area contributed by atoms with Gasteiger partial charge in [0.25, 0.3) is 10.2 Å². The summed E-state index contributed by atoms with van der Waals surface area (Å²) in [4.78, 5) is 10.5. The lowest BCUT2D eigenvalue weighted by atomic mass is 10.1. The lowest BCUT2D eigenvalue weighted by Gasteiger charge is -2.10. The number of carboxylic acid groups (broad SMARTS) is 1. The number of hydrogen-bond acceptors (Lipinski definition) is 4. The number of carbonyl (C=O) groups is 1. The smallest absolute Gasteiger partial charge is 0.328 e. The molecule has 0 heterocycles. The van der Waals surface area contributed by atoms with Gasteiger partial charge in [-0.05, 0) is 36.3 Å². The standard InChI is InChI=1S/C13H18N2O5S/c1-10-3-5-12(9-11(10)4-6-13(16)17)15-21(18,19)14-7-8-20-2/h3-6,9,14-15H,7-8H2,1-2H3,(H,16,17)/b6-4+. The Labute approximate surface area is 123 Å². The molecule has 1 rings (SSSR count). The van der Waals surface area contributed by atoms with E-state index < -0.39 is 16.2 Å². The number of ether oxygens (including phenoxy) is 1. The molecular formula is C13H18N2O5S. The molecule has 0 amide bonds. The van der Waals surface area contributed by atoms with E-state index in [2.05, 4.69) is 9.44 Å². The minimum Gasteiger partial charge on any atom is -0.478 e. The van der Waals surface area contributed by atoms with E-state index in [4.69, 9.17) is 9.84 Å². The Morgan fingerprint density at radius 3 is 2.76 bits per heavy atom. The minimum absolute atomic E-state index is 0.156. The van der Waals surface area contributed by atoms with E-state index in [1.807, 2.05) is 0 Å². The number of rotatable bonds is 8. The van der Waals surface area contributed by atoms with Crippen molar-refractivity contribution in [3.05, 3.63) is 35.4 Å². The van der Waals surface area contributed by atoms with Crippen molar-refractivity contribution < 1.29 is 23.1 Å². The molecule has 0 aromatic heterocycles. The second-order valence-corrected chi connectivity index (χ2v) is 5.74. The highest BCUT2D eigenvalue weighted by molar-refractivity contribution is 7.90. The minimum atomic E-state index is -3.69. The Balaban J connectivity index is 2.85. The molecule has 0 unspecified atom stereocenters. The normalized spacial score (nSPS) is 11.7. The van der Waals surface area contributed by atoms with Crippen molar-refractivity contribution in [3.8, 4) is 0 Å². The van der Waals surface area contributed by atoms with Crippen molar-refractivity contribution >= 4 is 27.9 Å². The van der Waals surface area contributed by atoms with Crippen molar-refractivity contribution in [1.29, 1.82) is 0 Å². The zero-order valence-electron chi connectivity index (χ0n) is 11.8. The van der Waals surface area contributed by atoms with E-state index in [0.29, 0.717) is 11.3 Å². The molecule has 0 radical (unpaired) electrons. The molecule has 0 spiro atoms. The van der Waals surface area contributed by atoms with Gasteiger partial charge in [0.15, 0.2) is 0 Å². The van der Waals surface area contributed by atoms with E-state index in [1.54, 1.807) is 25.1 Å². The Bertz CT molecular complexity index is 625. The zero-order chi connectivity index (χ0) is 15.9. The maximum absolute atomic E-state index is 11.7. The Morgan fingerprint density at radius 1 is 1.43 bits per heavy atom. The average molecular weight is 314 g/mol. The lowest BCUT2D eigenvalue weighted by Crippen LogP contribution is -2.32.